The van der Waals surface area contributed by atoms with Crippen LogP contribution in [0.3, 0.4) is 0 Å². The molecule has 27 heteroatoms. The first-order chi connectivity index (χ1) is 4.00. The van der Waals surface area contributed by atoms with Gasteiger partial charge >= 0.3 is 0 Å². The number of nitrogens with zero attached hydrogens (tertiary/aromatic N) is 2. The Morgan fingerprint density at radius 1 is 0.171 bits per heavy atom. The van der Waals surface area contributed by atoms with Crippen LogP contribution in [-0.4, -0.2) is 65.3 Å². The topological polar surface area (TPSA) is 542 Å². The van der Waals surface area contributed by atoms with Crippen molar-refractivity contribution in [2.75, 3.05) is 56.4 Å². The third kappa shape index (κ3) is 4290. The van der Waals surface area contributed by atoms with E-state index < -0.39 is 0 Å². The predicted molar refractivity (Wildman–Crippen MR) is 61.0 cm³/mol. The molecule has 0 bridgehead atoms. The fraction of sp³-hybridized carbons (Fsp3) is 1.00. The van der Waals surface area contributed by atoms with Crippen molar-refractivity contribution < 1.29 is 239 Å². The second-order valence-electron chi connectivity index (χ2n) is 5.37. The van der Waals surface area contributed by atoms with Crippen molar-refractivity contribution in [1.82, 2.24) is 0 Å². The first-order valence-electron chi connectivity index (χ1n) is 3.58. The largest absolute Gasteiger partial charge is 2.00 e. The van der Waals surface area contributed by atoms with Crippen LogP contribution in [-0.2, 0) is 230 Å². The normalized spacial score (nSPS) is 3.43. The number of hydrogen-bond acceptors (Lipinski definition) is 0. The van der Waals surface area contributed by atoms with Crippen molar-refractivity contribution in [3.63, 3.8) is 0 Å². The summed E-state index contributed by atoms with van der Waals surface area (Å²) in [5.41, 5.74) is 0. The van der Waals surface area contributed by atoms with Gasteiger partial charge in [0.25, 0.3) is 0 Å². The van der Waals surface area contributed by atoms with Crippen molar-refractivity contribution >= 4 is 0 Å². The minimum absolute atomic E-state index is 0. The van der Waals surface area contributed by atoms with Gasteiger partial charge in [0.1, 0.15) is 0 Å². The van der Waals surface area contributed by atoms with E-state index in [0.717, 1.165) is 8.97 Å². The molecular weight excluding hydrogens is 1000 g/mol. The van der Waals surface area contributed by atoms with Crippen molar-refractivity contribution in [3.8, 4) is 0 Å². The van der Waals surface area contributed by atoms with Crippen molar-refractivity contribution in [3.05, 3.63) is 0 Å². The van der Waals surface area contributed by atoms with E-state index in [1.165, 1.54) is 0 Å². The Labute approximate surface area is 293 Å². The Balaban J connectivity index is -0.000000000853. The Morgan fingerprint density at radius 3 is 0.171 bits per heavy atom. The van der Waals surface area contributed by atoms with E-state index >= 15 is 0 Å². The van der Waals surface area contributed by atoms with Gasteiger partial charge in [0.05, 0.1) is 56.4 Å². The van der Waals surface area contributed by atoms with Crippen molar-refractivity contribution in [1.29, 1.82) is 0 Å². The van der Waals surface area contributed by atoms with Gasteiger partial charge in [-0.05, 0) is 0 Å². The zero-order valence-electron chi connectivity index (χ0n) is 19.1. The zero-order valence-corrected chi connectivity index (χ0v) is 31.1. The average Bonchev–Trinajstić information content (AvgIpc) is 1.12. The van der Waals surface area contributed by atoms with Gasteiger partial charge in [-0.1, -0.05) is 0 Å². The summed E-state index contributed by atoms with van der Waals surface area (Å²) in [5.74, 6) is 0. The summed E-state index contributed by atoms with van der Waals surface area (Å²) >= 11 is 0. The summed E-state index contributed by atoms with van der Waals surface area (Å²) in [6.07, 6.45) is 0. The number of rotatable bonds is 0. The van der Waals surface area contributed by atoms with Crippen LogP contribution in [0.5, 0.6) is 0 Å². The Morgan fingerprint density at radius 2 is 0.171 bits per heavy atom. The molecule has 0 saturated carbocycles. The molecule has 35 heavy (non-hydrogen) atoms. The summed E-state index contributed by atoms with van der Waals surface area (Å²) in [4.78, 5) is 0. The molecule has 0 aliphatic heterocycles. The molecule has 0 atom stereocenters. The van der Waals surface area contributed by atoms with Crippen LogP contribution >= 0.6 is 0 Å². The van der Waals surface area contributed by atoms with Crippen LogP contribution in [0, 0.1) is 0 Å². The van der Waals surface area contributed by atoms with Gasteiger partial charge < -0.3 is 113 Å². The van der Waals surface area contributed by atoms with Crippen LogP contribution < -0.4 is 0 Å². The Hall–Kier alpha value is 3.29. The fourth-order valence-corrected chi connectivity index (χ4v) is 0. The van der Waals surface area contributed by atoms with Gasteiger partial charge in [-0.3, -0.25) is 0 Å². The SMILES string of the molecule is C[N+](C)(C)C.C[N+](C)(C)C.[Mo].[Mo].[Mo].[Mo].[Mo].[Mo].[O-2].[O-2].[O-2].[O-2].[O-2].[O-2].[O-2].[O-2].[O-2].[O-2].[O-2].[O-2].[O-2].[O-2].[O-2].[O-2].[O-2].[O-2].[O-2]. The van der Waals surface area contributed by atoms with E-state index in [4.69, 9.17) is 0 Å². The predicted octanol–water partition coefficient (Wildman–Crippen LogP) is -1.63. The monoisotopic (exact) mass is 1040 g/mol. The van der Waals surface area contributed by atoms with Crippen molar-refractivity contribution in [2.45, 2.75) is 0 Å². The van der Waals surface area contributed by atoms with Crippen LogP contribution in [0.25, 0.3) is 0 Å². The molecule has 0 N–H and O–H groups in total. The van der Waals surface area contributed by atoms with E-state index in [2.05, 4.69) is 56.4 Å². The minimum Gasteiger partial charge on any atom is -2.00 e. The van der Waals surface area contributed by atoms with E-state index in [1.54, 1.807) is 0 Å². The average molecular weight is 1030 g/mol. The molecule has 0 aromatic heterocycles. The Kier molecular flexibility index (Phi) is 2510. The van der Waals surface area contributed by atoms with Gasteiger partial charge in [0, 0.05) is 126 Å². The molecule has 0 amide bonds. The Bertz CT molecular complexity index is 100. The summed E-state index contributed by atoms with van der Waals surface area (Å²) in [7, 11) is 17.0. The van der Waals surface area contributed by atoms with Gasteiger partial charge in [0.2, 0.25) is 0 Å². The van der Waals surface area contributed by atoms with Gasteiger partial charge in [-0.15, -0.1) is 0 Å². The van der Waals surface area contributed by atoms with Crippen molar-refractivity contribution in [2.24, 2.45) is 0 Å². The number of quaternary nitrogens is 2. The smallest absolute Gasteiger partial charge is 0.0675 e. The van der Waals surface area contributed by atoms with E-state index in [9.17, 15) is 0 Å². The summed E-state index contributed by atoms with van der Waals surface area (Å²) in [6.45, 7) is 0. The van der Waals surface area contributed by atoms with E-state index in [-0.39, 0.29) is 230 Å². The van der Waals surface area contributed by atoms with Crippen LogP contribution in [0.2, 0.25) is 0 Å². The summed E-state index contributed by atoms with van der Waals surface area (Å²) in [6, 6.07) is 0. The molecule has 0 spiro atoms. The summed E-state index contributed by atoms with van der Waals surface area (Å²) < 4.78 is 2.00. The van der Waals surface area contributed by atoms with Crippen LogP contribution in [0.15, 0.2) is 0 Å². The maximum Gasteiger partial charge on any atom is 0.0675 e. The molecule has 0 aliphatic carbocycles. The summed E-state index contributed by atoms with van der Waals surface area (Å²) in [5, 5.41) is 0. The second-order valence-corrected chi connectivity index (χ2v) is 5.37. The molecule has 0 radical (unpaired) electrons. The maximum absolute atomic E-state index is 2.12. The minimum atomic E-state index is 0. The van der Waals surface area contributed by atoms with Crippen LogP contribution in [0.4, 0.5) is 0 Å². The molecule has 252 valence electrons. The third-order valence-corrected chi connectivity index (χ3v) is 0. The standard InChI is InChI=1S/2C4H12N.6Mo.19O/c2*1-5(2,3)4;;;;;;;;;;;;;;;;;;;;;;;;;/h2*1-4H3;;;;;;;;;;;;;;;;;;;;;;;;;/q2*+1;;;;;;;19*-2. The van der Waals surface area contributed by atoms with Crippen LogP contribution in [0.1, 0.15) is 0 Å². The molecule has 0 aromatic carbocycles. The zero-order chi connectivity index (χ0) is 9.00. The van der Waals surface area contributed by atoms with Gasteiger partial charge in [0.15, 0.2) is 0 Å². The van der Waals surface area contributed by atoms with E-state index in [0.29, 0.717) is 0 Å². The molecule has 0 heterocycles. The maximum atomic E-state index is 2.12. The molecular formula is C8H24Mo6N2O19-36. The van der Waals surface area contributed by atoms with Gasteiger partial charge in [-0.25, -0.2) is 0 Å². The molecule has 0 aliphatic rings. The first kappa shape index (κ1) is 418. The van der Waals surface area contributed by atoms with E-state index in [1.807, 2.05) is 0 Å². The molecule has 0 unspecified atom stereocenters. The molecule has 0 aromatic rings. The first-order valence-corrected chi connectivity index (χ1v) is 3.58. The fourth-order valence-electron chi connectivity index (χ4n) is 0. The molecule has 0 fully saturated rings. The number of hydrogen-bond donors (Lipinski definition) is 0. The second kappa shape index (κ2) is 210. The molecule has 0 rings (SSSR count). The molecule has 0 saturated heterocycles. The third-order valence-electron chi connectivity index (χ3n) is 0. The van der Waals surface area contributed by atoms with Gasteiger partial charge in [-0.2, -0.15) is 0 Å². The molecule has 21 nitrogen and oxygen atoms in total. The quantitative estimate of drug-likeness (QED) is 0.195.